The van der Waals surface area contributed by atoms with Crippen LogP contribution in [0.4, 0.5) is 0 Å². The summed E-state index contributed by atoms with van der Waals surface area (Å²) >= 11 is 0. The van der Waals surface area contributed by atoms with Crippen molar-refractivity contribution in [1.29, 1.82) is 0 Å². The lowest BCUT2D eigenvalue weighted by atomic mass is 9.44. The largest absolute Gasteiger partial charge is 0.369 e. The highest BCUT2D eigenvalue weighted by Crippen LogP contribution is 2.69. The Labute approximate surface area is 174 Å². The number of ether oxygens (including phenoxy) is 1. The van der Waals surface area contributed by atoms with Gasteiger partial charge < -0.3 is 4.74 Å². The summed E-state index contributed by atoms with van der Waals surface area (Å²) in [5.41, 5.74) is 1.25. The van der Waals surface area contributed by atoms with Crippen molar-refractivity contribution < 1.29 is 4.74 Å². The molecule has 5 fully saturated rings. The molecular formula is C27H46O. The zero-order valence-electron chi connectivity index (χ0n) is 19.4. The van der Waals surface area contributed by atoms with Crippen LogP contribution in [0.25, 0.3) is 0 Å². The molecule has 5 aliphatic rings. The molecule has 1 aliphatic heterocycles. The van der Waals surface area contributed by atoms with E-state index in [-0.39, 0.29) is 0 Å². The van der Waals surface area contributed by atoms with Gasteiger partial charge in [-0.3, -0.25) is 0 Å². The number of rotatable bonds is 5. The molecule has 0 aromatic carbocycles. The summed E-state index contributed by atoms with van der Waals surface area (Å²) in [6, 6.07) is 0. The number of fused-ring (bicyclic) bond motifs is 7. The van der Waals surface area contributed by atoms with E-state index in [9.17, 15) is 0 Å². The molecule has 0 unspecified atom stereocenters. The van der Waals surface area contributed by atoms with E-state index in [0.29, 0.717) is 23.0 Å². The minimum atomic E-state index is 0.600. The van der Waals surface area contributed by atoms with Crippen molar-refractivity contribution in [2.45, 2.75) is 117 Å². The summed E-state index contributed by atoms with van der Waals surface area (Å²) in [5.74, 6) is 6.76. The maximum atomic E-state index is 6.10. The molecule has 1 saturated heterocycles. The fraction of sp³-hybridized carbons (Fsp3) is 1.00. The molecule has 4 aliphatic carbocycles. The highest BCUT2D eigenvalue weighted by Gasteiger charge is 2.65. The standard InChI is InChI=1S/C27H46O/c1-17(2)7-6-8-18(3)20-11-12-21-19-9-10-23-25-24(28-25)14-16-27(23,5)22(19)13-15-26(20,21)4/h17-25H,6-16H2,1-5H3/t18-,19+,20-,21+,22+,23+,24-,25+,26-,27-/m1/s1. The van der Waals surface area contributed by atoms with E-state index in [1.54, 1.807) is 6.42 Å². The Morgan fingerprint density at radius 1 is 0.786 bits per heavy atom. The average molecular weight is 387 g/mol. The third-order valence-electron chi connectivity index (χ3n) is 11.1. The summed E-state index contributed by atoms with van der Waals surface area (Å²) in [7, 11) is 0. The molecule has 0 aromatic rings. The monoisotopic (exact) mass is 386 g/mol. The lowest BCUT2D eigenvalue weighted by Gasteiger charge is -2.60. The van der Waals surface area contributed by atoms with Crippen LogP contribution < -0.4 is 0 Å². The van der Waals surface area contributed by atoms with Gasteiger partial charge in [-0.2, -0.15) is 0 Å². The Morgan fingerprint density at radius 3 is 2.29 bits per heavy atom. The summed E-state index contributed by atoms with van der Waals surface area (Å²) in [6.07, 6.45) is 17.6. The van der Waals surface area contributed by atoms with Crippen LogP contribution >= 0.6 is 0 Å². The van der Waals surface area contributed by atoms with Gasteiger partial charge in [0.05, 0.1) is 12.2 Å². The van der Waals surface area contributed by atoms with Gasteiger partial charge in [-0.05, 0) is 104 Å². The summed E-state index contributed by atoms with van der Waals surface area (Å²) in [6.45, 7) is 12.8. The highest BCUT2D eigenvalue weighted by molar-refractivity contribution is 5.13. The molecule has 28 heavy (non-hydrogen) atoms. The quantitative estimate of drug-likeness (QED) is 0.446. The summed E-state index contributed by atoms with van der Waals surface area (Å²) < 4.78 is 6.10. The van der Waals surface area contributed by atoms with Gasteiger partial charge >= 0.3 is 0 Å². The Hall–Kier alpha value is -0.0400. The molecular weight excluding hydrogens is 340 g/mol. The van der Waals surface area contributed by atoms with Crippen LogP contribution in [0.15, 0.2) is 0 Å². The van der Waals surface area contributed by atoms with Crippen molar-refractivity contribution in [3.8, 4) is 0 Å². The molecule has 1 heteroatoms. The van der Waals surface area contributed by atoms with Crippen molar-refractivity contribution in [1.82, 2.24) is 0 Å². The molecule has 10 atom stereocenters. The lowest BCUT2D eigenvalue weighted by molar-refractivity contribution is -0.111. The summed E-state index contributed by atoms with van der Waals surface area (Å²) in [5, 5.41) is 0. The van der Waals surface area contributed by atoms with Crippen LogP contribution in [-0.2, 0) is 4.74 Å². The number of hydrogen-bond acceptors (Lipinski definition) is 1. The number of epoxide rings is 1. The first-order valence-electron chi connectivity index (χ1n) is 13.0. The first-order valence-corrected chi connectivity index (χ1v) is 13.0. The van der Waals surface area contributed by atoms with Gasteiger partial charge in [-0.25, -0.2) is 0 Å². The molecule has 0 radical (unpaired) electrons. The second kappa shape index (κ2) is 7.00. The van der Waals surface area contributed by atoms with Gasteiger partial charge in [0.15, 0.2) is 0 Å². The van der Waals surface area contributed by atoms with Crippen molar-refractivity contribution in [3.63, 3.8) is 0 Å². The van der Waals surface area contributed by atoms with Crippen molar-refractivity contribution in [2.24, 2.45) is 52.3 Å². The second-order valence-electron chi connectivity index (χ2n) is 12.8. The van der Waals surface area contributed by atoms with Crippen molar-refractivity contribution in [3.05, 3.63) is 0 Å². The Balaban J connectivity index is 1.30. The van der Waals surface area contributed by atoms with Gasteiger partial charge in [0, 0.05) is 0 Å². The van der Waals surface area contributed by atoms with Gasteiger partial charge in [-0.1, -0.05) is 53.9 Å². The molecule has 4 saturated carbocycles. The summed E-state index contributed by atoms with van der Waals surface area (Å²) in [4.78, 5) is 0. The third kappa shape index (κ3) is 2.96. The van der Waals surface area contributed by atoms with Crippen LogP contribution in [-0.4, -0.2) is 12.2 Å². The SMILES string of the molecule is CC(C)CCC[C@@H](C)[C@H]1CC[C@H]2[C@@H]3CC[C@H]4[C@@H]5O[C@@H]5CC[C@]4(C)[C@H]3CC[C@]12C. The third-order valence-corrected chi connectivity index (χ3v) is 11.1. The average Bonchev–Trinajstić information content (AvgIpc) is 3.34. The van der Waals surface area contributed by atoms with Crippen molar-refractivity contribution >= 4 is 0 Å². The van der Waals surface area contributed by atoms with Gasteiger partial charge in [0.1, 0.15) is 0 Å². The molecule has 0 amide bonds. The first-order chi connectivity index (χ1) is 13.3. The van der Waals surface area contributed by atoms with E-state index >= 15 is 0 Å². The van der Waals surface area contributed by atoms with E-state index < -0.39 is 0 Å². The van der Waals surface area contributed by atoms with E-state index in [2.05, 4.69) is 34.6 Å². The van der Waals surface area contributed by atoms with Crippen LogP contribution in [0.1, 0.15) is 105 Å². The molecule has 1 heterocycles. The van der Waals surface area contributed by atoms with Crippen LogP contribution in [0.2, 0.25) is 0 Å². The van der Waals surface area contributed by atoms with Crippen molar-refractivity contribution in [2.75, 3.05) is 0 Å². The molecule has 0 bridgehead atoms. The van der Waals surface area contributed by atoms with Crippen LogP contribution in [0.5, 0.6) is 0 Å². The van der Waals surface area contributed by atoms with E-state index in [1.165, 1.54) is 64.2 Å². The Kier molecular flexibility index (Phi) is 4.97. The Bertz CT molecular complexity index is 583. The molecule has 1 nitrogen and oxygen atoms in total. The Morgan fingerprint density at radius 2 is 1.50 bits per heavy atom. The zero-order chi connectivity index (χ0) is 19.7. The molecule has 160 valence electrons. The predicted molar refractivity (Wildman–Crippen MR) is 117 cm³/mol. The smallest absolute Gasteiger partial charge is 0.0875 e. The maximum absolute atomic E-state index is 6.10. The molecule has 0 aromatic heterocycles. The first kappa shape index (κ1) is 19.9. The fourth-order valence-electron chi connectivity index (χ4n) is 9.62. The topological polar surface area (TPSA) is 12.5 Å². The van der Waals surface area contributed by atoms with Crippen LogP contribution in [0.3, 0.4) is 0 Å². The van der Waals surface area contributed by atoms with E-state index in [4.69, 9.17) is 4.74 Å². The van der Waals surface area contributed by atoms with E-state index in [1.807, 2.05) is 0 Å². The van der Waals surface area contributed by atoms with Gasteiger partial charge in [-0.15, -0.1) is 0 Å². The molecule has 0 spiro atoms. The van der Waals surface area contributed by atoms with Gasteiger partial charge in [0.2, 0.25) is 0 Å². The van der Waals surface area contributed by atoms with Crippen LogP contribution in [0, 0.1) is 52.3 Å². The zero-order valence-corrected chi connectivity index (χ0v) is 19.4. The highest BCUT2D eigenvalue weighted by atomic mass is 16.6. The molecule has 0 N–H and O–H groups in total. The second-order valence-corrected chi connectivity index (χ2v) is 12.8. The minimum absolute atomic E-state index is 0.600. The lowest BCUT2D eigenvalue weighted by Crippen LogP contribution is -2.54. The van der Waals surface area contributed by atoms with Gasteiger partial charge in [0.25, 0.3) is 0 Å². The number of hydrogen-bond donors (Lipinski definition) is 0. The van der Waals surface area contributed by atoms with E-state index in [0.717, 1.165) is 41.4 Å². The fourth-order valence-corrected chi connectivity index (χ4v) is 9.62. The molecule has 5 rings (SSSR count). The minimum Gasteiger partial charge on any atom is -0.369 e. The maximum Gasteiger partial charge on any atom is 0.0875 e. The normalized spacial score (nSPS) is 53.1. The predicted octanol–water partition coefficient (Wildman–Crippen LogP) is 7.49.